The van der Waals surface area contributed by atoms with E-state index in [1.165, 1.54) is 27.7 Å². The lowest BCUT2D eigenvalue weighted by Gasteiger charge is -2.70. The summed E-state index contributed by atoms with van der Waals surface area (Å²) >= 11 is 0. The Bertz CT molecular complexity index is 1730. The topological polar surface area (TPSA) is 135 Å². The molecule has 1 unspecified atom stereocenters. The second-order valence-electron chi connectivity index (χ2n) is 15.9. The smallest absolute Gasteiger partial charge is 0.303 e. The Morgan fingerprint density at radius 1 is 0.863 bits per heavy atom. The summed E-state index contributed by atoms with van der Waals surface area (Å²) in [7, 11) is 0. The minimum atomic E-state index is -1.29. The van der Waals surface area contributed by atoms with E-state index in [4.69, 9.17) is 23.7 Å². The first-order valence-electron chi connectivity index (χ1n) is 18.2. The molecule has 1 N–H and O–H groups in total. The third-order valence-corrected chi connectivity index (χ3v) is 13.1. The first-order chi connectivity index (χ1) is 24.1. The fourth-order valence-corrected chi connectivity index (χ4v) is 11.1. The average molecular weight is 705 g/mol. The van der Waals surface area contributed by atoms with Crippen LogP contribution in [0.15, 0.2) is 54.1 Å². The van der Waals surface area contributed by atoms with Gasteiger partial charge in [-0.3, -0.25) is 19.2 Å². The van der Waals surface area contributed by atoms with Crippen molar-refractivity contribution in [3.63, 3.8) is 0 Å². The number of esters is 4. The summed E-state index contributed by atoms with van der Waals surface area (Å²) in [4.78, 5) is 50.6. The molecule has 3 aliphatic carbocycles. The van der Waals surface area contributed by atoms with Gasteiger partial charge in [-0.15, -0.1) is 0 Å². The van der Waals surface area contributed by atoms with Gasteiger partial charge in [-0.25, -0.2) is 0 Å². The molecule has 2 aromatic rings. The Labute approximate surface area is 300 Å². The minimum absolute atomic E-state index is 0.0763. The Morgan fingerprint density at radius 2 is 1.55 bits per heavy atom. The van der Waals surface area contributed by atoms with Gasteiger partial charge in [0, 0.05) is 50.4 Å². The predicted molar refractivity (Wildman–Crippen MR) is 188 cm³/mol. The number of rotatable bonds is 9. The number of hydrogen-bond donors (Lipinski definition) is 1. The number of benzene rings is 2. The van der Waals surface area contributed by atoms with Crippen LogP contribution in [0.5, 0.6) is 0 Å². The molecule has 0 bridgehead atoms. The molecule has 10 heteroatoms. The van der Waals surface area contributed by atoms with Crippen molar-refractivity contribution in [2.75, 3.05) is 19.8 Å². The summed E-state index contributed by atoms with van der Waals surface area (Å²) in [5, 5.41) is 15.3. The van der Waals surface area contributed by atoms with Crippen LogP contribution in [0, 0.1) is 34.0 Å². The Hall–Kier alpha value is -3.76. The van der Waals surface area contributed by atoms with Gasteiger partial charge in [0.15, 0.2) is 0 Å². The number of carbonyl (C=O) groups excluding carboxylic acids is 4. The van der Waals surface area contributed by atoms with E-state index in [9.17, 15) is 24.3 Å². The van der Waals surface area contributed by atoms with Gasteiger partial charge in [0.1, 0.15) is 18.3 Å². The summed E-state index contributed by atoms with van der Waals surface area (Å²) < 4.78 is 30.4. The fourth-order valence-electron chi connectivity index (χ4n) is 11.1. The zero-order valence-corrected chi connectivity index (χ0v) is 30.9. The van der Waals surface area contributed by atoms with Crippen LogP contribution in [0.3, 0.4) is 0 Å². The highest BCUT2D eigenvalue weighted by Crippen LogP contribution is 2.72. The second-order valence-corrected chi connectivity index (χ2v) is 15.9. The molecule has 0 aromatic heterocycles. The molecule has 0 radical (unpaired) electrons. The van der Waals surface area contributed by atoms with Gasteiger partial charge in [-0.2, -0.15) is 0 Å². The van der Waals surface area contributed by atoms with Crippen molar-refractivity contribution in [3.8, 4) is 0 Å². The fraction of sp³-hybridized carbons (Fsp3) is 0.610. The van der Waals surface area contributed by atoms with Crippen LogP contribution in [-0.4, -0.2) is 72.7 Å². The van der Waals surface area contributed by atoms with Gasteiger partial charge in [0.2, 0.25) is 0 Å². The van der Waals surface area contributed by atoms with Gasteiger partial charge < -0.3 is 28.8 Å². The first kappa shape index (κ1) is 37.0. The Balaban J connectivity index is 1.48. The summed E-state index contributed by atoms with van der Waals surface area (Å²) in [5.41, 5.74) is -1.85. The lowest BCUT2D eigenvalue weighted by atomic mass is 9.36. The molecular formula is C41H52O10. The zero-order valence-electron chi connectivity index (χ0n) is 30.9. The van der Waals surface area contributed by atoms with E-state index in [0.717, 1.165) is 21.9 Å². The third-order valence-electron chi connectivity index (χ3n) is 13.1. The quantitative estimate of drug-likeness (QED) is 0.191. The maximum atomic E-state index is 13.1. The molecule has 10 nitrogen and oxygen atoms in total. The van der Waals surface area contributed by atoms with Crippen molar-refractivity contribution < 1.29 is 48.0 Å². The zero-order chi connectivity index (χ0) is 36.9. The largest absolute Gasteiger partial charge is 0.466 e. The molecule has 1 heterocycles. The van der Waals surface area contributed by atoms with E-state index in [0.29, 0.717) is 38.7 Å². The highest BCUT2D eigenvalue weighted by Gasteiger charge is 2.76. The number of aryl methyl sites for hydroxylation is 1. The van der Waals surface area contributed by atoms with Crippen molar-refractivity contribution >= 4 is 34.6 Å². The van der Waals surface area contributed by atoms with Crippen LogP contribution in [0.1, 0.15) is 79.7 Å². The van der Waals surface area contributed by atoms with Gasteiger partial charge in [0.25, 0.3) is 0 Å². The van der Waals surface area contributed by atoms with Crippen molar-refractivity contribution in [3.05, 3.63) is 59.7 Å². The van der Waals surface area contributed by atoms with Crippen LogP contribution in [-0.2, 0) is 49.3 Å². The van der Waals surface area contributed by atoms with Crippen LogP contribution < -0.4 is 0 Å². The number of hydrogen-bond acceptors (Lipinski definition) is 10. The number of aliphatic hydroxyl groups is 1. The highest BCUT2D eigenvalue weighted by atomic mass is 16.6. The van der Waals surface area contributed by atoms with Gasteiger partial charge >= 0.3 is 23.9 Å². The molecule has 1 aliphatic heterocycles. The van der Waals surface area contributed by atoms with Gasteiger partial charge in [0.05, 0.1) is 25.4 Å². The van der Waals surface area contributed by atoms with Crippen LogP contribution >= 0.6 is 0 Å². The lowest BCUT2D eigenvalue weighted by molar-refractivity contribution is -0.287. The molecule has 1 saturated heterocycles. The van der Waals surface area contributed by atoms with Crippen LogP contribution in [0.2, 0.25) is 0 Å². The normalized spacial score (nSPS) is 36.9. The predicted octanol–water partition coefficient (Wildman–Crippen LogP) is 5.90. The van der Waals surface area contributed by atoms with E-state index >= 15 is 0 Å². The van der Waals surface area contributed by atoms with E-state index in [1.54, 1.807) is 0 Å². The van der Waals surface area contributed by atoms with Crippen molar-refractivity contribution in [1.82, 2.24) is 0 Å². The molecule has 3 fully saturated rings. The molecule has 10 atom stereocenters. The maximum Gasteiger partial charge on any atom is 0.303 e. The summed E-state index contributed by atoms with van der Waals surface area (Å²) in [6.07, 6.45) is 1.79. The SMILES string of the molecule is CC(=O)OCC[C@]12COC[C@H]1[C@]1(C)CC[C@@H]3[C@@](C)(C1[C@H](OC(C)=O)[C@@H]2OC(C)=O)[C@H](OC(C)=O)C=C(C)[C@]3(O)CCc1ccc2ccccc2c1. The Morgan fingerprint density at radius 3 is 2.22 bits per heavy atom. The summed E-state index contributed by atoms with van der Waals surface area (Å²) in [5.74, 6) is -3.12. The highest BCUT2D eigenvalue weighted by molar-refractivity contribution is 5.83. The van der Waals surface area contributed by atoms with Gasteiger partial charge in [-0.05, 0) is 78.3 Å². The first-order valence-corrected chi connectivity index (χ1v) is 18.2. The average Bonchev–Trinajstić information content (AvgIpc) is 3.50. The molecule has 276 valence electrons. The van der Waals surface area contributed by atoms with Crippen molar-refractivity contribution in [1.29, 1.82) is 0 Å². The molecule has 0 spiro atoms. The monoisotopic (exact) mass is 704 g/mol. The standard InChI is InChI=1S/C41H52O10/c1-24-20-34(49-26(3)43)39(7)32(41(24,46)17-14-29-12-13-30-10-8-9-11-31(30)21-29)15-16-38(6)33-22-47-23-40(33,18-19-48-25(2)42)37(51-28(5)45)35(36(38)39)50-27(4)44/h8-13,20-21,32-37,46H,14-19,22-23H2,1-7H3/t32-,33+,34-,35+,36?,37+,38+,39-,40+,41-/m1/s1. The summed E-state index contributed by atoms with van der Waals surface area (Å²) in [6.45, 7) is 12.2. The van der Waals surface area contributed by atoms with E-state index in [1.807, 2.05) is 32.1 Å². The van der Waals surface area contributed by atoms with E-state index in [-0.39, 0.29) is 19.1 Å². The number of ether oxygens (including phenoxy) is 5. The molecule has 0 amide bonds. The second kappa shape index (κ2) is 13.7. The maximum absolute atomic E-state index is 13.1. The minimum Gasteiger partial charge on any atom is -0.466 e. The van der Waals surface area contributed by atoms with Crippen LogP contribution in [0.25, 0.3) is 10.8 Å². The summed E-state index contributed by atoms with van der Waals surface area (Å²) in [6, 6.07) is 14.6. The molecule has 6 rings (SSSR count). The molecule has 2 aromatic carbocycles. The van der Waals surface area contributed by atoms with Crippen LogP contribution in [0.4, 0.5) is 0 Å². The van der Waals surface area contributed by atoms with E-state index < -0.39 is 75.9 Å². The number of fused-ring (bicyclic) bond motifs is 6. The van der Waals surface area contributed by atoms with Crippen molar-refractivity contribution in [2.24, 2.45) is 34.0 Å². The number of carbonyl (C=O) groups is 4. The molecule has 4 aliphatic rings. The van der Waals surface area contributed by atoms with E-state index in [2.05, 4.69) is 37.3 Å². The third kappa shape index (κ3) is 6.26. The molecule has 51 heavy (non-hydrogen) atoms. The lowest BCUT2D eigenvalue weighted by Crippen LogP contribution is -2.74. The Kier molecular flexibility index (Phi) is 9.91. The van der Waals surface area contributed by atoms with Gasteiger partial charge in [-0.1, -0.05) is 56.3 Å². The van der Waals surface area contributed by atoms with Crippen molar-refractivity contribution in [2.45, 2.75) is 104 Å². The molecular weight excluding hydrogens is 652 g/mol. The molecule has 2 saturated carbocycles.